The van der Waals surface area contributed by atoms with Gasteiger partial charge in [-0.1, -0.05) is 48.2 Å². The van der Waals surface area contributed by atoms with E-state index in [1.54, 1.807) is 62.4 Å². The second-order valence-corrected chi connectivity index (χ2v) is 9.78. The standard InChI is InChI=1S/C31H29F4NO5/c1-4-26-21(15-23-17-27(32)30(23,39)31(33,34)35)13-14-25(41-24-12-8-11-22(16-24)29(38)40-3)18-36(26)28(37)19(2)20-9-6-5-7-10-20/h4-12,15-16,19,25,39H,13-14,18H2,1-3H3/b21-15-,26-4?/t19-,25-,30?/m0/s1. The van der Waals surface area contributed by atoms with E-state index in [1.165, 1.54) is 18.1 Å². The lowest BCUT2D eigenvalue weighted by Gasteiger charge is -2.34. The van der Waals surface area contributed by atoms with Crippen LogP contribution in [0, 0.1) is 0 Å². The van der Waals surface area contributed by atoms with E-state index in [0.717, 1.165) is 11.6 Å². The fourth-order valence-electron chi connectivity index (χ4n) is 4.87. The van der Waals surface area contributed by atoms with E-state index in [2.05, 4.69) is 0 Å². The number of benzene rings is 2. The van der Waals surface area contributed by atoms with Crippen molar-refractivity contribution >= 4 is 11.9 Å². The van der Waals surface area contributed by atoms with Crippen molar-refractivity contribution in [2.75, 3.05) is 13.7 Å². The fraction of sp³-hybridized carbons (Fsp3) is 0.323. The molecule has 0 radical (unpaired) electrons. The minimum absolute atomic E-state index is 0.0439. The molecule has 0 bridgehead atoms. The van der Waals surface area contributed by atoms with Crippen LogP contribution in [0.2, 0.25) is 0 Å². The van der Waals surface area contributed by atoms with Crippen LogP contribution in [-0.4, -0.2) is 53.4 Å². The van der Waals surface area contributed by atoms with Crippen LogP contribution in [-0.2, 0) is 9.53 Å². The Labute approximate surface area is 234 Å². The highest BCUT2D eigenvalue weighted by atomic mass is 19.4. The first-order valence-corrected chi connectivity index (χ1v) is 13.0. The maximum Gasteiger partial charge on any atom is 0.429 e. The number of allylic oxidation sites excluding steroid dienone is 2. The lowest BCUT2D eigenvalue weighted by Crippen LogP contribution is -2.50. The van der Waals surface area contributed by atoms with Gasteiger partial charge in [-0.15, -0.1) is 0 Å². The van der Waals surface area contributed by atoms with Crippen molar-refractivity contribution in [3.05, 3.63) is 106 Å². The summed E-state index contributed by atoms with van der Waals surface area (Å²) in [6.45, 7) is 3.41. The number of ether oxygens (including phenoxy) is 2. The second kappa shape index (κ2) is 11.8. The van der Waals surface area contributed by atoms with Gasteiger partial charge in [0.25, 0.3) is 5.60 Å². The molecule has 2 aromatic rings. The maximum absolute atomic E-state index is 13.9. The zero-order valence-corrected chi connectivity index (χ0v) is 22.7. The van der Waals surface area contributed by atoms with Crippen LogP contribution in [0.15, 0.2) is 95.2 Å². The minimum Gasteiger partial charge on any atom is -0.489 e. The third-order valence-corrected chi connectivity index (χ3v) is 7.19. The van der Waals surface area contributed by atoms with Crippen molar-refractivity contribution in [1.82, 2.24) is 4.90 Å². The first-order valence-electron chi connectivity index (χ1n) is 13.0. The summed E-state index contributed by atoms with van der Waals surface area (Å²) in [5.74, 6) is -2.97. The summed E-state index contributed by atoms with van der Waals surface area (Å²) in [7, 11) is 1.25. The van der Waals surface area contributed by atoms with E-state index in [4.69, 9.17) is 9.47 Å². The highest BCUT2D eigenvalue weighted by Gasteiger charge is 2.63. The minimum atomic E-state index is -5.29. The van der Waals surface area contributed by atoms with Gasteiger partial charge in [-0.05, 0) is 62.1 Å². The smallest absolute Gasteiger partial charge is 0.429 e. The van der Waals surface area contributed by atoms with Crippen molar-refractivity contribution in [3.63, 3.8) is 0 Å². The van der Waals surface area contributed by atoms with Crippen molar-refractivity contribution in [3.8, 4) is 5.75 Å². The van der Waals surface area contributed by atoms with Gasteiger partial charge in [0.05, 0.1) is 25.1 Å². The number of likely N-dealkylation sites (tertiary alicyclic amines) is 1. The average molecular weight is 572 g/mol. The normalized spacial score (nSPS) is 23.7. The number of esters is 1. The quantitative estimate of drug-likeness (QED) is 0.255. The van der Waals surface area contributed by atoms with E-state index in [-0.39, 0.29) is 36.4 Å². The van der Waals surface area contributed by atoms with Crippen LogP contribution in [0.3, 0.4) is 0 Å². The maximum atomic E-state index is 13.9. The third kappa shape index (κ3) is 5.85. The summed E-state index contributed by atoms with van der Waals surface area (Å²) in [6.07, 6.45) is -2.87. The van der Waals surface area contributed by atoms with Gasteiger partial charge in [0.1, 0.15) is 11.9 Å². The van der Waals surface area contributed by atoms with Crippen LogP contribution in [0.5, 0.6) is 5.75 Å². The van der Waals surface area contributed by atoms with Crippen LogP contribution in [0.1, 0.15) is 48.5 Å². The molecule has 0 saturated carbocycles. The molecule has 1 heterocycles. The number of hydrogen-bond acceptors (Lipinski definition) is 5. The van der Waals surface area contributed by atoms with Gasteiger partial charge in [-0.25, -0.2) is 4.79 Å². The van der Waals surface area contributed by atoms with Crippen molar-refractivity contribution in [2.45, 2.75) is 50.5 Å². The molecule has 216 valence electrons. The lowest BCUT2D eigenvalue weighted by atomic mass is 9.82. The summed E-state index contributed by atoms with van der Waals surface area (Å²) < 4.78 is 65.6. The predicted molar refractivity (Wildman–Crippen MR) is 142 cm³/mol. The van der Waals surface area contributed by atoms with Gasteiger partial charge in [0, 0.05) is 11.3 Å². The molecule has 1 N–H and O–H groups in total. The number of halogens is 4. The molecule has 4 rings (SSSR count). The van der Waals surface area contributed by atoms with E-state index in [0.29, 0.717) is 11.4 Å². The van der Waals surface area contributed by atoms with Crippen molar-refractivity contribution in [1.29, 1.82) is 0 Å². The van der Waals surface area contributed by atoms with Gasteiger partial charge in [0.2, 0.25) is 5.91 Å². The van der Waals surface area contributed by atoms with E-state index >= 15 is 0 Å². The van der Waals surface area contributed by atoms with Crippen LogP contribution in [0.25, 0.3) is 0 Å². The van der Waals surface area contributed by atoms with Crippen molar-refractivity contribution < 1.29 is 41.7 Å². The van der Waals surface area contributed by atoms with E-state index in [9.17, 15) is 32.3 Å². The molecule has 1 aliphatic heterocycles. The van der Waals surface area contributed by atoms with E-state index in [1.807, 2.05) is 11.8 Å². The number of aliphatic hydroxyl groups is 1. The Morgan fingerprint density at radius 1 is 1.17 bits per heavy atom. The molecule has 1 fully saturated rings. The molecule has 41 heavy (non-hydrogen) atoms. The Kier molecular flexibility index (Phi) is 8.56. The third-order valence-electron chi connectivity index (χ3n) is 7.19. The molecular weight excluding hydrogens is 542 g/mol. The average Bonchev–Trinajstić information content (AvgIpc) is 3.14. The monoisotopic (exact) mass is 571 g/mol. The number of carbonyl (C=O) groups is 2. The Bertz CT molecular complexity index is 1460. The summed E-state index contributed by atoms with van der Waals surface area (Å²) in [5, 5.41) is 10.1. The van der Waals surface area contributed by atoms with Gasteiger partial charge < -0.3 is 19.5 Å². The predicted octanol–water partition coefficient (Wildman–Crippen LogP) is 6.16. The van der Waals surface area contributed by atoms with Gasteiger partial charge in [-0.2, -0.15) is 17.6 Å². The fourth-order valence-corrected chi connectivity index (χ4v) is 4.87. The molecule has 6 nitrogen and oxygen atoms in total. The summed E-state index contributed by atoms with van der Waals surface area (Å²) in [6, 6.07) is 15.3. The second-order valence-electron chi connectivity index (χ2n) is 9.78. The molecule has 1 unspecified atom stereocenters. The number of nitrogens with zero attached hydrogens (tertiary/aromatic N) is 1. The number of amides is 1. The zero-order valence-electron chi connectivity index (χ0n) is 22.7. The Balaban J connectivity index is 1.73. The Morgan fingerprint density at radius 3 is 2.49 bits per heavy atom. The molecule has 1 aliphatic carbocycles. The Hall–Kier alpha value is -4.14. The summed E-state index contributed by atoms with van der Waals surface area (Å²) in [4.78, 5) is 27.3. The van der Waals surface area contributed by atoms with Gasteiger partial charge >= 0.3 is 12.1 Å². The first-order chi connectivity index (χ1) is 19.4. The number of methoxy groups -OCH3 is 1. The highest BCUT2D eigenvalue weighted by molar-refractivity contribution is 5.89. The molecule has 0 spiro atoms. The first kappa shape index (κ1) is 29.8. The SMILES string of the molecule is CC=C1/C(=C\C2=C=C(F)C2(O)C(F)(F)F)CC[C@H](Oc2cccc(C(=O)OC)c2)CN1C(=O)[C@@H](C)c1ccccc1. The van der Waals surface area contributed by atoms with Crippen LogP contribution in [0.4, 0.5) is 17.6 Å². The molecule has 2 aromatic carbocycles. The van der Waals surface area contributed by atoms with Crippen LogP contribution >= 0.6 is 0 Å². The molecule has 2 aliphatic rings. The molecule has 10 heteroatoms. The lowest BCUT2D eigenvalue weighted by molar-refractivity contribution is -0.237. The topological polar surface area (TPSA) is 76.1 Å². The number of rotatable bonds is 6. The molecule has 1 amide bonds. The Morgan fingerprint density at radius 2 is 1.88 bits per heavy atom. The number of hydrogen-bond donors (Lipinski definition) is 1. The largest absolute Gasteiger partial charge is 0.489 e. The van der Waals surface area contributed by atoms with E-state index < -0.39 is 41.2 Å². The number of carbonyl (C=O) groups excluding carboxylic acids is 2. The van der Waals surface area contributed by atoms with Crippen molar-refractivity contribution in [2.24, 2.45) is 0 Å². The molecule has 0 aromatic heterocycles. The zero-order chi connectivity index (χ0) is 29.9. The van der Waals surface area contributed by atoms with Gasteiger partial charge in [0.15, 0.2) is 5.83 Å². The van der Waals surface area contributed by atoms with Gasteiger partial charge in [-0.3, -0.25) is 4.79 Å². The summed E-state index contributed by atoms with van der Waals surface area (Å²) >= 11 is 0. The van der Waals surface area contributed by atoms with Crippen LogP contribution < -0.4 is 4.74 Å². The number of alkyl halides is 3. The highest BCUT2D eigenvalue weighted by Crippen LogP contribution is 2.48. The molecule has 1 saturated heterocycles. The summed E-state index contributed by atoms with van der Waals surface area (Å²) in [5.41, 5.74) is -0.999. The molecular formula is C31H29F4NO5. The molecule has 3 atom stereocenters.